The molecule has 2 unspecified atom stereocenters. The van der Waals surface area contributed by atoms with Gasteiger partial charge in [0.25, 0.3) is 0 Å². The van der Waals surface area contributed by atoms with Gasteiger partial charge in [0.1, 0.15) is 0 Å². The Morgan fingerprint density at radius 3 is 2.50 bits per heavy atom. The van der Waals surface area contributed by atoms with Crippen molar-refractivity contribution in [3.8, 4) is 0 Å². The van der Waals surface area contributed by atoms with E-state index in [4.69, 9.17) is 10.3 Å². The third-order valence-electron chi connectivity index (χ3n) is 3.54. The second-order valence-corrected chi connectivity index (χ2v) is 6.17. The van der Waals surface area contributed by atoms with E-state index in [0.717, 1.165) is 24.6 Å². The summed E-state index contributed by atoms with van der Waals surface area (Å²) in [5.41, 5.74) is 6.08. The topological polar surface area (TPSA) is 64.9 Å². The third-order valence-corrected chi connectivity index (χ3v) is 3.54. The first kappa shape index (κ1) is 15.4. The van der Waals surface area contributed by atoms with Crippen LogP contribution in [0.4, 0.5) is 0 Å². The normalized spacial score (nSPS) is 24.7. The summed E-state index contributed by atoms with van der Waals surface area (Å²) in [4.78, 5) is 4.48. The summed E-state index contributed by atoms with van der Waals surface area (Å²) in [6, 6.07) is 0.300. The Morgan fingerprint density at radius 1 is 1.28 bits per heavy atom. The van der Waals surface area contributed by atoms with Gasteiger partial charge in [0.2, 0.25) is 5.89 Å². The minimum atomic E-state index is -0.0452. The summed E-state index contributed by atoms with van der Waals surface area (Å²) in [6.07, 6.45) is 5.69. The molecule has 2 N–H and O–H groups in total. The molecule has 0 aromatic carbocycles. The molecule has 1 aromatic rings. The van der Waals surface area contributed by atoms with Crippen LogP contribution < -0.4 is 5.73 Å². The SMILES string of the molecule is CC(C)(C)c1noc(CC2CCCCC2N)n1.Cl. The summed E-state index contributed by atoms with van der Waals surface area (Å²) >= 11 is 0. The molecule has 0 amide bonds. The number of aromatic nitrogens is 2. The van der Waals surface area contributed by atoms with Crippen molar-refractivity contribution in [1.29, 1.82) is 0 Å². The number of hydrogen-bond acceptors (Lipinski definition) is 4. The summed E-state index contributed by atoms with van der Waals surface area (Å²) in [7, 11) is 0. The molecular weight excluding hydrogens is 250 g/mol. The van der Waals surface area contributed by atoms with Crippen molar-refractivity contribution < 1.29 is 4.52 Å². The largest absolute Gasteiger partial charge is 0.339 e. The van der Waals surface area contributed by atoms with E-state index in [1.54, 1.807) is 0 Å². The highest BCUT2D eigenvalue weighted by molar-refractivity contribution is 5.85. The number of halogens is 1. The van der Waals surface area contributed by atoms with Crippen LogP contribution in [0.1, 0.15) is 58.2 Å². The standard InChI is InChI=1S/C13H23N3O.ClH/c1-13(2,3)12-15-11(17-16-12)8-9-6-4-5-7-10(9)14;/h9-10H,4-8,14H2,1-3H3;1H. The molecule has 2 rings (SSSR count). The summed E-state index contributed by atoms with van der Waals surface area (Å²) in [5, 5.41) is 4.05. The van der Waals surface area contributed by atoms with Crippen molar-refractivity contribution in [1.82, 2.24) is 10.1 Å². The molecule has 0 spiro atoms. The second-order valence-electron chi connectivity index (χ2n) is 6.17. The number of hydrogen-bond donors (Lipinski definition) is 1. The summed E-state index contributed by atoms with van der Waals surface area (Å²) < 4.78 is 5.33. The quantitative estimate of drug-likeness (QED) is 0.900. The molecule has 1 aromatic heterocycles. The fraction of sp³-hybridized carbons (Fsp3) is 0.846. The van der Waals surface area contributed by atoms with Gasteiger partial charge in [0.05, 0.1) is 0 Å². The van der Waals surface area contributed by atoms with Gasteiger partial charge in [0, 0.05) is 17.9 Å². The van der Waals surface area contributed by atoms with E-state index in [9.17, 15) is 0 Å². The van der Waals surface area contributed by atoms with Crippen LogP contribution in [-0.2, 0) is 11.8 Å². The first-order valence-corrected chi connectivity index (χ1v) is 6.55. The highest BCUT2D eigenvalue weighted by Gasteiger charge is 2.26. The third kappa shape index (κ3) is 3.69. The Morgan fingerprint density at radius 2 is 1.94 bits per heavy atom. The Balaban J connectivity index is 0.00000162. The van der Waals surface area contributed by atoms with E-state index < -0.39 is 0 Å². The molecule has 1 saturated carbocycles. The molecular formula is C13H24ClN3O. The number of nitrogens with zero attached hydrogens (tertiary/aromatic N) is 2. The van der Waals surface area contributed by atoms with Crippen molar-refractivity contribution in [2.24, 2.45) is 11.7 Å². The van der Waals surface area contributed by atoms with Crippen molar-refractivity contribution in [2.75, 3.05) is 0 Å². The lowest BCUT2D eigenvalue weighted by molar-refractivity contribution is 0.272. The summed E-state index contributed by atoms with van der Waals surface area (Å²) in [6.45, 7) is 6.27. The van der Waals surface area contributed by atoms with Crippen LogP contribution in [0, 0.1) is 5.92 Å². The number of rotatable bonds is 2. The van der Waals surface area contributed by atoms with Crippen molar-refractivity contribution in [2.45, 2.75) is 64.3 Å². The molecule has 0 radical (unpaired) electrons. The van der Waals surface area contributed by atoms with Crippen molar-refractivity contribution >= 4 is 12.4 Å². The van der Waals surface area contributed by atoms with Crippen LogP contribution in [-0.4, -0.2) is 16.2 Å². The molecule has 1 aliphatic rings. The monoisotopic (exact) mass is 273 g/mol. The van der Waals surface area contributed by atoms with Crippen LogP contribution >= 0.6 is 12.4 Å². The second kappa shape index (κ2) is 6.02. The van der Waals surface area contributed by atoms with E-state index >= 15 is 0 Å². The van der Waals surface area contributed by atoms with E-state index in [2.05, 4.69) is 30.9 Å². The van der Waals surface area contributed by atoms with Crippen molar-refractivity contribution in [3.63, 3.8) is 0 Å². The molecule has 1 aliphatic carbocycles. The van der Waals surface area contributed by atoms with Gasteiger partial charge in [0.15, 0.2) is 5.82 Å². The fourth-order valence-corrected chi connectivity index (χ4v) is 2.36. The van der Waals surface area contributed by atoms with Gasteiger partial charge in [-0.2, -0.15) is 4.98 Å². The molecule has 5 heteroatoms. The van der Waals surface area contributed by atoms with Crippen LogP contribution in [0.3, 0.4) is 0 Å². The zero-order valence-corrected chi connectivity index (χ0v) is 12.3. The molecule has 104 valence electrons. The van der Waals surface area contributed by atoms with Gasteiger partial charge in [-0.1, -0.05) is 38.8 Å². The zero-order valence-electron chi connectivity index (χ0n) is 11.5. The Bertz CT molecular complexity index is 373. The summed E-state index contributed by atoms with van der Waals surface area (Å²) in [5.74, 6) is 2.05. The minimum Gasteiger partial charge on any atom is -0.339 e. The van der Waals surface area contributed by atoms with Gasteiger partial charge in [-0.15, -0.1) is 12.4 Å². The molecule has 1 heterocycles. The smallest absolute Gasteiger partial charge is 0.226 e. The molecule has 18 heavy (non-hydrogen) atoms. The lowest BCUT2D eigenvalue weighted by Crippen LogP contribution is -2.34. The van der Waals surface area contributed by atoms with E-state index in [1.165, 1.54) is 19.3 Å². The van der Waals surface area contributed by atoms with Gasteiger partial charge in [-0.3, -0.25) is 0 Å². The highest BCUT2D eigenvalue weighted by atomic mass is 35.5. The van der Waals surface area contributed by atoms with Crippen LogP contribution in [0.5, 0.6) is 0 Å². The lowest BCUT2D eigenvalue weighted by Gasteiger charge is -2.27. The van der Waals surface area contributed by atoms with Crippen LogP contribution in [0.15, 0.2) is 4.52 Å². The maximum atomic E-state index is 6.13. The lowest BCUT2D eigenvalue weighted by atomic mass is 9.83. The van der Waals surface area contributed by atoms with Gasteiger partial charge < -0.3 is 10.3 Å². The molecule has 0 bridgehead atoms. The molecule has 0 saturated heterocycles. The predicted molar refractivity (Wildman–Crippen MR) is 73.9 cm³/mol. The Labute approximate surface area is 115 Å². The van der Waals surface area contributed by atoms with Crippen LogP contribution in [0.2, 0.25) is 0 Å². The highest BCUT2D eigenvalue weighted by Crippen LogP contribution is 2.26. The van der Waals surface area contributed by atoms with E-state index in [-0.39, 0.29) is 17.8 Å². The van der Waals surface area contributed by atoms with E-state index in [0.29, 0.717) is 12.0 Å². The average Bonchev–Trinajstić information content (AvgIpc) is 2.69. The van der Waals surface area contributed by atoms with E-state index in [1.807, 2.05) is 0 Å². The fourth-order valence-electron chi connectivity index (χ4n) is 2.36. The van der Waals surface area contributed by atoms with Crippen LogP contribution in [0.25, 0.3) is 0 Å². The Kier molecular flexibility index (Phi) is 5.17. The predicted octanol–water partition coefficient (Wildman–Crippen LogP) is 2.85. The molecule has 0 aliphatic heterocycles. The van der Waals surface area contributed by atoms with Gasteiger partial charge in [-0.25, -0.2) is 0 Å². The maximum Gasteiger partial charge on any atom is 0.226 e. The Hall–Kier alpha value is -0.610. The average molecular weight is 274 g/mol. The molecule has 2 atom stereocenters. The van der Waals surface area contributed by atoms with Gasteiger partial charge in [-0.05, 0) is 18.8 Å². The minimum absolute atomic E-state index is 0. The first-order valence-electron chi connectivity index (χ1n) is 6.55. The molecule has 1 fully saturated rings. The van der Waals surface area contributed by atoms with Crippen molar-refractivity contribution in [3.05, 3.63) is 11.7 Å². The van der Waals surface area contributed by atoms with Gasteiger partial charge >= 0.3 is 0 Å². The molecule has 4 nitrogen and oxygen atoms in total. The number of nitrogens with two attached hydrogens (primary N) is 1. The zero-order chi connectivity index (χ0) is 12.5. The first-order chi connectivity index (χ1) is 7.97. The maximum absolute atomic E-state index is 6.13.